The van der Waals surface area contributed by atoms with Crippen LogP contribution < -0.4 is 10.2 Å². The first-order valence-corrected chi connectivity index (χ1v) is 5.96. The summed E-state index contributed by atoms with van der Waals surface area (Å²) in [5.41, 5.74) is 1.80. The Bertz CT molecular complexity index is 444. The molecule has 3 N–H and O–H groups in total. The van der Waals surface area contributed by atoms with Gasteiger partial charge in [-0.25, -0.2) is 9.59 Å². The number of rotatable bonds is 5. The fraction of sp³-hybridized carbons (Fsp3) is 0.385. The fourth-order valence-electron chi connectivity index (χ4n) is 1.50. The molecule has 19 heavy (non-hydrogen) atoms. The van der Waals surface area contributed by atoms with E-state index in [0.717, 1.165) is 12.0 Å². The molecule has 1 atom stereocenters. The van der Waals surface area contributed by atoms with Crippen LogP contribution in [0.4, 0.5) is 10.5 Å². The third-order valence-electron chi connectivity index (χ3n) is 2.81. The highest BCUT2D eigenvalue weighted by Crippen LogP contribution is 2.14. The molecule has 1 unspecified atom stereocenters. The lowest BCUT2D eigenvalue weighted by molar-refractivity contribution is -0.140. The van der Waals surface area contributed by atoms with Gasteiger partial charge < -0.3 is 15.5 Å². The van der Waals surface area contributed by atoms with Crippen LogP contribution in [0.5, 0.6) is 0 Å². The molecule has 0 aliphatic rings. The van der Waals surface area contributed by atoms with Crippen LogP contribution in [0.15, 0.2) is 24.3 Å². The standard InChI is InChI=1S/C13H18N2O4/c1-3-9-4-6-10(7-5-9)15(2)13(19)14-11(8-16)12(17)18/h4-7,11,16H,3,8H2,1-2H3,(H,14,19)(H,17,18). The van der Waals surface area contributed by atoms with Gasteiger partial charge in [0.05, 0.1) is 6.61 Å². The smallest absolute Gasteiger partial charge is 0.328 e. The molecule has 6 nitrogen and oxygen atoms in total. The summed E-state index contributed by atoms with van der Waals surface area (Å²) in [5.74, 6) is -1.27. The quantitative estimate of drug-likeness (QED) is 0.736. The minimum Gasteiger partial charge on any atom is -0.480 e. The number of carbonyl (C=O) groups is 2. The van der Waals surface area contributed by atoms with Gasteiger partial charge in [0.25, 0.3) is 0 Å². The van der Waals surface area contributed by atoms with Crippen LogP contribution in [-0.2, 0) is 11.2 Å². The summed E-state index contributed by atoms with van der Waals surface area (Å²) in [4.78, 5) is 23.8. The van der Waals surface area contributed by atoms with Crippen molar-refractivity contribution in [2.75, 3.05) is 18.6 Å². The van der Waals surface area contributed by atoms with Crippen LogP contribution in [0, 0.1) is 0 Å². The van der Waals surface area contributed by atoms with Gasteiger partial charge >= 0.3 is 12.0 Å². The Labute approximate surface area is 111 Å². The number of hydrogen-bond acceptors (Lipinski definition) is 3. The highest BCUT2D eigenvalue weighted by molar-refractivity contribution is 5.94. The van der Waals surface area contributed by atoms with E-state index in [0.29, 0.717) is 5.69 Å². The largest absolute Gasteiger partial charge is 0.480 e. The van der Waals surface area contributed by atoms with Crippen LogP contribution in [0.1, 0.15) is 12.5 Å². The van der Waals surface area contributed by atoms with Crippen LogP contribution >= 0.6 is 0 Å². The second-order valence-electron chi connectivity index (χ2n) is 4.10. The Kier molecular flexibility index (Phi) is 5.32. The van der Waals surface area contributed by atoms with Gasteiger partial charge in [-0.3, -0.25) is 4.90 Å². The van der Waals surface area contributed by atoms with Crippen molar-refractivity contribution in [3.63, 3.8) is 0 Å². The van der Waals surface area contributed by atoms with Crippen molar-refractivity contribution in [2.45, 2.75) is 19.4 Å². The van der Waals surface area contributed by atoms with E-state index in [1.54, 1.807) is 12.1 Å². The first kappa shape index (κ1) is 15.0. The fourth-order valence-corrected chi connectivity index (χ4v) is 1.50. The molecule has 0 aliphatic heterocycles. The molecule has 2 amide bonds. The zero-order valence-electron chi connectivity index (χ0n) is 11.0. The Balaban J connectivity index is 2.72. The van der Waals surface area contributed by atoms with E-state index in [-0.39, 0.29) is 0 Å². The number of aliphatic carboxylic acids is 1. The second-order valence-corrected chi connectivity index (χ2v) is 4.10. The molecule has 0 saturated heterocycles. The van der Waals surface area contributed by atoms with Gasteiger partial charge in [-0.15, -0.1) is 0 Å². The summed E-state index contributed by atoms with van der Waals surface area (Å²) in [7, 11) is 1.53. The molecule has 0 saturated carbocycles. The maximum absolute atomic E-state index is 11.8. The van der Waals surface area contributed by atoms with E-state index in [1.807, 2.05) is 19.1 Å². The number of nitrogens with one attached hydrogen (secondary N) is 1. The molecule has 6 heteroatoms. The SMILES string of the molecule is CCc1ccc(N(C)C(=O)NC(CO)C(=O)O)cc1. The van der Waals surface area contributed by atoms with E-state index in [2.05, 4.69) is 5.32 Å². The lowest BCUT2D eigenvalue weighted by atomic mass is 10.1. The third kappa shape index (κ3) is 3.96. The number of carboxylic acids is 1. The van der Waals surface area contributed by atoms with E-state index >= 15 is 0 Å². The molecule has 0 aliphatic carbocycles. The highest BCUT2D eigenvalue weighted by Gasteiger charge is 2.21. The molecule has 1 rings (SSSR count). The van der Waals surface area contributed by atoms with Gasteiger partial charge in [0.1, 0.15) is 0 Å². The average molecular weight is 266 g/mol. The summed E-state index contributed by atoms with van der Waals surface area (Å²) in [6.07, 6.45) is 0.905. The van der Waals surface area contributed by atoms with Crippen LogP contribution in [0.3, 0.4) is 0 Å². The number of urea groups is 1. The molecule has 104 valence electrons. The van der Waals surface area contributed by atoms with Crippen molar-refractivity contribution in [1.29, 1.82) is 0 Å². The molecular weight excluding hydrogens is 248 g/mol. The lowest BCUT2D eigenvalue weighted by Crippen LogP contribution is -2.48. The first-order chi connectivity index (χ1) is 8.99. The second kappa shape index (κ2) is 6.75. The maximum Gasteiger partial charge on any atom is 0.328 e. The minimum atomic E-state index is -1.30. The Hall–Kier alpha value is -2.08. The number of anilines is 1. The van der Waals surface area contributed by atoms with Crippen molar-refractivity contribution < 1.29 is 19.8 Å². The van der Waals surface area contributed by atoms with Gasteiger partial charge in [0.15, 0.2) is 6.04 Å². The van der Waals surface area contributed by atoms with Crippen LogP contribution in [-0.4, -0.2) is 41.9 Å². The number of amides is 2. The Morgan fingerprint density at radius 1 is 1.32 bits per heavy atom. The van der Waals surface area contributed by atoms with Crippen molar-refractivity contribution in [3.05, 3.63) is 29.8 Å². The topological polar surface area (TPSA) is 89.9 Å². The summed E-state index contributed by atoms with van der Waals surface area (Å²) in [6, 6.07) is 5.50. The number of nitrogens with zero attached hydrogens (tertiary/aromatic N) is 1. The van der Waals surface area contributed by atoms with Gasteiger partial charge in [0.2, 0.25) is 0 Å². The lowest BCUT2D eigenvalue weighted by Gasteiger charge is -2.20. The zero-order valence-corrected chi connectivity index (χ0v) is 11.0. The molecule has 0 aromatic heterocycles. The predicted octanol–water partition coefficient (Wildman–Crippen LogP) is 0.840. The van der Waals surface area contributed by atoms with Crippen LogP contribution in [0.25, 0.3) is 0 Å². The molecule has 0 heterocycles. The van der Waals surface area contributed by atoms with Gasteiger partial charge in [0, 0.05) is 12.7 Å². The number of hydrogen-bond donors (Lipinski definition) is 3. The molecule has 1 aromatic carbocycles. The highest BCUT2D eigenvalue weighted by atomic mass is 16.4. The summed E-state index contributed by atoms with van der Waals surface area (Å²) < 4.78 is 0. The molecule has 0 radical (unpaired) electrons. The van der Waals surface area contributed by atoms with Crippen molar-refractivity contribution >= 4 is 17.7 Å². The van der Waals surface area contributed by atoms with E-state index in [1.165, 1.54) is 11.9 Å². The van der Waals surface area contributed by atoms with Gasteiger partial charge in [-0.05, 0) is 24.1 Å². The predicted molar refractivity (Wildman–Crippen MR) is 71.3 cm³/mol. The van der Waals surface area contributed by atoms with Crippen molar-refractivity contribution in [3.8, 4) is 0 Å². The van der Waals surface area contributed by atoms with E-state index in [4.69, 9.17) is 10.2 Å². The zero-order chi connectivity index (χ0) is 14.4. The number of carboxylic acid groups (broad SMARTS) is 1. The number of aliphatic hydroxyl groups is 1. The monoisotopic (exact) mass is 266 g/mol. The molecule has 0 bridgehead atoms. The maximum atomic E-state index is 11.8. The summed E-state index contributed by atoms with van der Waals surface area (Å²) >= 11 is 0. The van der Waals surface area contributed by atoms with Crippen molar-refractivity contribution in [1.82, 2.24) is 5.32 Å². The van der Waals surface area contributed by atoms with Gasteiger partial charge in [-0.2, -0.15) is 0 Å². The van der Waals surface area contributed by atoms with E-state index < -0.39 is 24.6 Å². The third-order valence-corrected chi connectivity index (χ3v) is 2.81. The summed E-state index contributed by atoms with van der Waals surface area (Å²) in [6.45, 7) is 1.38. The van der Waals surface area contributed by atoms with E-state index in [9.17, 15) is 9.59 Å². The Morgan fingerprint density at radius 3 is 2.32 bits per heavy atom. The Morgan fingerprint density at radius 2 is 1.89 bits per heavy atom. The molecule has 0 spiro atoms. The number of aliphatic hydroxyl groups excluding tert-OH is 1. The molecular formula is C13H18N2O4. The first-order valence-electron chi connectivity index (χ1n) is 5.96. The summed E-state index contributed by atoms with van der Waals surface area (Å²) in [5, 5.41) is 19.8. The number of benzene rings is 1. The van der Waals surface area contributed by atoms with Crippen molar-refractivity contribution in [2.24, 2.45) is 0 Å². The number of aryl methyl sites for hydroxylation is 1. The molecule has 0 fully saturated rings. The van der Waals surface area contributed by atoms with Crippen LogP contribution in [0.2, 0.25) is 0 Å². The average Bonchev–Trinajstić information content (AvgIpc) is 2.43. The van der Waals surface area contributed by atoms with Gasteiger partial charge in [-0.1, -0.05) is 19.1 Å². The minimum absolute atomic E-state index is 0.578. The molecule has 1 aromatic rings. The normalized spacial score (nSPS) is 11.7. The number of carbonyl (C=O) groups excluding carboxylic acids is 1.